The third-order valence-electron chi connectivity index (χ3n) is 0.756. The minimum Gasteiger partial charge on any atom is -0.508 e. The van der Waals surface area contributed by atoms with Crippen LogP contribution >= 0.6 is 16.5 Å². The number of phenolic OH excluding ortho intramolecular Hbond substituents is 1. The Bertz CT molecular complexity index is 269. The highest BCUT2D eigenvalue weighted by Crippen LogP contribution is 2.02. The average molecular weight is 256 g/mol. The van der Waals surface area contributed by atoms with Crippen molar-refractivity contribution in [3.8, 4) is 5.75 Å². The Morgan fingerprint density at radius 3 is 1.20 bits per heavy atom. The van der Waals surface area contributed by atoms with Crippen molar-refractivity contribution in [3.63, 3.8) is 0 Å². The number of hydrogen-bond donors (Lipinski definition) is 5. The fraction of sp³-hybridized carbons (Fsp3) is 0. The Morgan fingerprint density at radius 2 is 1.07 bits per heavy atom. The normalized spacial score (nSPS) is 7.47. The maximum absolute atomic E-state index is 8.70. The van der Waals surface area contributed by atoms with Gasteiger partial charge in [-0.3, -0.25) is 0 Å². The van der Waals surface area contributed by atoms with Gasteiger partial charge in [-0.05, 0) is 12.1 Å². The van der Waals surface area contributed by atoms with Gasteiger partial charge in [-0.15, -0.1) is 19.6 Å². The molecule has 9 heteroatoms. The van der Waals surface area contributed by atoms with Gasteiger partial charge in [0, 0.05) is 9.13 Å². The van der Waals surface area contributed by atoms with Crippen LogP contribution in [0.1, 0.15) is 0 Å². The summed E-state index contributed by atoms with van der Waals surface area (Å²) in [7, 11) is -5.74. The number of benzene rings is 1. The van der Waals surface area contributed by atoms with E-state index in [4.69, 9.17) is 33.8 Å². The molecule has 0 fully saturated rings. The van der Waals surface area contributed by atoms with E-state index in [-0.39, 0.29) is 0 Å². The molecule has 7 nitrogen and oxygen atoms in total. The second-order valence-corrected chi connectivity index (χ2v) is 2.85. The lowest BCUT2D eigenvalue weighted by molar-refractivity contribution is 0.403. The van der Waals surface area contributed by atoms with Crippen LogP contribution in [0, 0.1) is 0 Å². The maximum Gasteiger partial charge on any atom is 0.692 e. The second-order valence-electron chi connectivity index (χ2n) is 1.84. The molecule has 0 unspecified atom stereocenters. The van der Waals surface area contributed by atoms with E-state index in [2.05, 4.69) is 0 Å². The van der Waals surface area contributed by atoms with E-state index in [9.17, 15) is 0 Å². The van der Waals surface area contributed by atoms with Gasteiger partial charge >= 0.3 is 16.5 Å². The highest BCUT2D eigenvalue weighted by atomic mass is 31.1. The minimum atomic E-state index is -2.87. The van der Waals surface area contributed by atoms with Gasteiger partial charge in [0.15, 0.2) is 0 Å². The zero-order valence-electron chi connectivity index (χ0n) is 7.33. The van der Waals surface area contributed by atoms with Crippen LogP contribution in [-0.2, 0) is 9.13 Å². The Kier molecular flexibility index (Phi) is 12.2. The highest BCUT2D eigenvalue weighted by Gasteiger charge is 1.93. The standard InChI is InChI=1S/C6H6O.2HO3P/c7-6-4-2-1-3-5-6;2*1-4(2)3/h1-5,7H;2*(H-,1,2,3)/p+2. The molecule has 84 valence electrons. The summed E-state index contributed by atoms with van der Waals surface area (Å²) in [5, 5.41) is 8.63. The van der Waals surface area contributed by atoms with Crippen LogP contribution < -0.4 is 0 Å². The topological polar surface area (TPSA) is 135 Å². The fourth-order valence-corrected chi connectivity index (χ4v) is 0.428. The van der Waals surface area contributed by atoms with Crippen molar-refractivity contribution in [2.24, 2.45) is 0 Å². The van der Waals surface area contributed by atoms with Gasteiger partial charge in [-0.1, -0.05) is 18.2 Å². The molecule has 0 radical (unpaired) electrons. The minimum absolute atomic E-state index is 0.322. The molecule has 1 rings (SSSR count). The molecule has 0 spiro atoms. The number of phenols is 1. The first-order valence-electron chi connectivity index (χ1n) is 3.30. The van der Waals surface area contributed by atoms with E-state index < -0.39 is 16.5 Å². The average Bonchev–Trinajstić information content (AvgIpc) is 2.03. The van der Waals surface area contributed by atoms with Gasteiger partial charge in [0.1, 0.15) is 5.75 Å². The molecule has 15 heavy (non-hydrogen) atoms. The quantitative estimate of drug-likeness (QED) is 0.430. The summed E-state index contributed by atoms with van der Waals surface area (Å²) >= 11 is 0. The van der Waals surface area contributed by atoms with Crippen molar-refractivity contribution < 1.29 is 33.8 Å². The zero-order valence-corrected chi connectivity index (χ0v) is 9.12. The lowest BCUT2D eigenvalue weighted by Gasteiger charge is -1.82. The number of aromatic hydroxyl groups is 1. The van der Waals surface area contributed by atoms with E-state index in [0.717, 1.165) is 0 Å². The highest BCUT2D eigenvalue weighted by molar-refractivity contribution is 7.31. The first-order chi connectivity index (χ1) is 6.86. The molecule has 0 bridgehead atoms. The molecular weight excluding hydrogens is 246 g/mol. The predicted molar refractivity (Wildman–Crippen MR) is 52.2 cm³/mol. The van der Waals surface area contributed by atoms with Gasteiger partial charge in [0.05, 0.1) is 0 Å². The van der Waals surface area contributed by atoms with Crippen LogP contribution in [-0.4, -0.2) is 24.7 Å². The number of para-hydroxylation sites is 1. The van der Waals surface area contributed by atoms with Gasteiger partial charge in [-0.25, -0.2) is 0 Å². The molecule has 5 N–H and O–H groups in total. The van der Waals surface area contributed by atoms with Gasteiger partial charge < -0.3 is 5.11 Å². The molecule has 0 heterocycles. The molecular formula is C6H10O7P2+2. The summed E-state index contributed by atoms with van der Waals surface area (Å²) in [5.74, 6) is 0.322. The Morgan fingerprint density at radius 1 is 0.800 bits per heavy atom. The van der Waals surface area contributed by atoms with Crippen molar-refractivity contribution in [3.05, 3.63) is 30.3 Å². The van der Waals surface area contributed by atoms with Gasteiger partial charge in [0.2, 0.25) is 0 Å². The van der Waals surface area contributed by atoms with E-state index in [1.165, 1.54) is 0 Å². The molecule has 0 atom stereocenters. The largest absolute Gasteiger partial charge is 0.692 e. The molecule has 0 saturated heterocycles. The van der Waals surface area contributed by atoms with Crippen molar-refractivity contribution in [2.75, 3.05) is 0 Å². The number of hydrogen-bond acceptors (Lipinski definition) is 3. The summed E-state index contributed by atoms with van der Waals surface area (Å²) in [6.07, 6.45) is 0. The Balaban J connectivity index is 0. The lowest BCUT2D eigenvalue weighted by atomic mass is 10.3. The van der Waals surface area contributed by atoms with Crippen LogP contribution in [0.2, 0.25) is 0 Å². The van der Waals surface area contributed by atoms with Crippen LogP contribution in [0.5, 0.6) is 5.75 Å². The first-order valence-corrected chi connectivity index (χ1v) is 5.63. The van der Waals surface area contributed by atoms with Crippen molar-refractivity contribution in [2.45, 2.75) is 0 Å². The molecule has 0 amide bonds. The summed E-state index contributed by atoms with van der Waals surface area (Å²) in [6, 6.07) is 8.71. The maximum atomic E-state index is 8.70. The molecule has 0 aliphatic carbocycles. The van der Waals surface area contributed by atoms with Crippen molar-refractivity contribution in [1.29, 1.82) is 0 Å². The third kappa shape index (κ3) is 32.1. The van der Waals surface area contributed by atoms with Gasteiger partial charge in [0.25, 0.3) is 0 Å². The monoisotopic (exact) mass is 256 g/mol. The van der Waals surface area contributed by atoms with Crippen molar-refractivity contribution in [1.82, 2.24) is 0 Å². The van der Waals surface area contributed by atoms with Gasteiger partial charge in [-0.2, -0.15) is 0 Å². The molecule has 1 aromatic carbocycles. The van der Waals surface area contributed by atoms with Crippen LogP contribution in [0.15, 0.2) is 30.3 Å². The van der Waals surface area contributed by atoms with Crippen LogP contribution in [0.25, 0.3) is 0 Å². The predicted octanol–water partition coefficient (Wildman–Crippen LogP) is 0.649. The zero-order chi connectivity index (χ0) is 12.3. The van der Waals surface area contributed by atoms with Crippen molar-refractivity contribution >= 4 is 16.5 Å². The lowest BCUT2D eigenvalue weighted by Crippen LogP contribution is -1.56. The first kappa shape index (κ1) is 16.5. The number of rotatable bonds is 0. The van der Waals surface area contributed by atoms with E-state index in [1.54, 1.807) is 24.3 Å². The summed E-state index contributed by atoms with van der Waals surface area (Å²) in [6.45, 7) is 0. The summed E-state index contributed by atoms with van der Waals surface area (Å²) < 4.78 is 17.4. The molecule has 1 aromatic rings. The molecule has 0 aliphatic heterocycles. The molecule has 0 aromatic heterocycles. The van der Waals surface area contributed by atoms with Crippen LogP contribution in [0.3, 0.4) is 0 Å². The molecule has 0 aliphatic rings. The third-order valence-corrected chi connectivity index (χ3v) is 0.756. The van der Waals surface area contributed by atoms with E-state index in [1.807, 2.05) is 6.07 Å². The van der Waals surface area contributed by atoms with Crippen LogP contribution in [0.4, 0.5) is 0 Å². The Hall–Kier alpha value is -0.940. The second kappa shape index (κ2) is 11.1. The SMILES string of the molecule is O=[P+](O)O.O=[P+](O)O.Oc1ccccc1. The van der Waals surface area contributed by atoms with E-state index >= 15 is 0 Å². The molecule has 0 saturated carbocycles. The Labute approximate surface area is 87.2 Å². The smallest absolute Gasteiger partial charge is 0.508 e. The fourth-order valence-electron chi connectivity index (χ4n) is 0.428. The van der Waals surface area contributed by atoms with E-state index in [0.29, 0.717) is 5.75 Å². The summed E-state index contributed by atoms with van der Waals surface area (Å²) in [5.41, 5.74) is 0. The summed E-state index contributed by atoms with van der Waals surface area (Å²) in [4.78, 5) is 28.5.